The lowest BCUT2D eigenvalue weighted by molar-refractivity contribution is 0.175. The van der Waals surface area contributed by atoms with Crippen molar-refractivity contribution in [2.24, 2.45) is 5.92 Å². The molecule has 1 nitrogen and oxygen atoms in total. The van der Waals surface area contributed by atoms with Gasteiger partial charge in [-0.15, -0.1) is 11.8 Å². The van der Waals surface area contributed by atoms with E-state index >= 15 is 0 Å². The fourth-order valence-electron chi connectivity index (χ4n) is 1.45. The van der Waals surface area contributed by atoms with Crippen LogP contribution >= 0.6 is 11.8 Å². The van der Waals surface area contributed by atoms with Gasteiger partial charge in [0, 0.05) is 10.1 Å². The number of rotatable bonds is 4. The number of aliphatic hydroxyl groups excluding tert-OH is 1. The average Bonchev–Trinajstić information content (AvgIpc) is 2.15. The average molecular weight is 210 g/mol. The third-order valence-electron chi connectivity index (χ3n) is 2.15. The molecule has 0 aliphatic rings. The van der Waals surface area contributed by atoms with E-state index in [1.807, 2.05) is 25.1 Å². The Kier molecular flexibility index (Phi) is 4.49. The molecule has 0 spiro atoms. The Balaban J connectivity index is 2.65. The summed E-state index contributed by atoms with van der Waals surface area (Å²) in [5.41, 5.74) is 0. The van der Waals surface area contributed by atoms with Crippen molar-refractivity contribution in [1.29, 1.82) is 0 Å². The second-order valence-corrected chi connectivity index (χ2v) is 5.13. The van der Waals surface area contributed by atoms with Gasteiger partial charge in [0.1, 0.15) is 0 Å². The van der Waals surface area contributed by atoms with Crippen LogP contribution in [0.15, 0.2) is 35.2 Å². The Labute approximate surface area is 90.5 Å². The van der Waals surface area contributed by atoms with Crippen LogP contribution in [0.25, 0.3) is 0 Å². The second-order valence-electron chi connectivity index (χ2n) is 3.88. The summed E-state index contributed by atoms with van der Waals surface area (Å²) in [5, 5.41) is 9.90. The maximum atomic E-state index is 9.62. The van der Waals surface area contributed by atoms with Crippen molar-refractivity contribution in [1.82, 2.24) is 0 Å². The molecule has 0 amide bonds. The molecule has 0 saturated heterocycles. The number of aliphatic hydroxyl groups is 1. The van der Waals surface area contributed by atoms with Crippen molar-refractivity contribution >= 4 is 11.8 Å². The van der Waals surface area contributed by atoms with Crippen molar-refractivity contribution in [3.63, 3.8) is 0 Å². The SMILES string of the molecule is CC(C)[C@@H](Sc1ccccc1)[C@@H](C)O. The molecule has 0 heterocycles. The van der Waals surface area contributed by atoms with Crippen LogP contribution in [0.4, 0.5) is 0 Å². The molecule has 0 radical (unpaired) electrons. The molecule has 0 bridgehead atoms. The third-order valence-corrected chi connectivity index (χ3v) is 3.90. The Morgan fingerprint density at radius 2 is 1.64 bits per heavy atom. The Bertz CT molecular complexity index is 248. The lowest BCUT2D eigenvalue weighted by Gasteiger charge is -2.23. The molecule has 2 heteroatoms. The van der Waals surface area contributed by atoms with Crippen LogP contribution in [-0.4, -0.2) is 16.5 Å². The van der Waals surface area contributed by atoms with Crippen LogP contribution in [-0.2, 0) is 0 Å². The zero-order valence-corrected chi connectivity index (χ0v) is 9.79. The first kappa shape index (κ1) is 11.6. The van der Waals surface area contributed by atoms with Crippen LogP contribution in [0.1, 0.15) is 20.8 Å². The minimum Gasteiger partial charge on any atom is -0.392 e. The first-order chi connectivity index (χ1) is 6.61. The minimum absolute atomic E-state index is 0.264. The number of hydrogen-bond acceptors (Lipinski definition) is 2. The van der Waals surface area contributed by atoms with Gasteiger partial charge < -0.3 is 5.11 Å². The summed E-state index contributed by atoms with van der Waals surface area (Å²) >= 11 is 1.75. The van der Waals surface area contributed by atoms with Gasteiger partial charge in [0.15, 0.2) is 0 Å². The zero-order valence-electron chi connectivity index (χ0n) is 8.97. The van der Waals surface area contributed by atoms with Gasteiger partial charge in [0.2, 0.25) is 0 Å². The van der Waals surface area contributed by atoms with E-state index in [0.717, 1.165) is 0 Å². The van der Waals surface area contributed by atoms with Crippen molar-refractivity contribution < 1.29 is 5.11 Å². The van der Waals surface area contributed by atoms with Crippen LogP contribution in [0.2, 0.25) is 0 Å². The fourth-order valence-corrected chi connectivity index (χ4v) is 2.55. The lowest BCUT2D eigenvalue weighted by atomic mass is 10.1. The van der Waals surface area contributed by atoms with Gasteiger partial charge in [0.05, 0.1) is 6.10 Å². The number of benzene rings is 1. The number of thioether (sulfide) groups is 1. The monoisotopic (exact) mass is 210 g/mol. The first-order valence-electron chi connectivity index (χ1n) is 5.01. The van der Waals surface area contributed by atoms with Gasteiger partial charge in [-0.2, -0.15) is 0 Å². The molecular formula is C12H18OS. The third kappa shape index (κ3) is 3.35. The van der Waals surface area contributed by atoms with E-state index in [1.54, 1.807) is 11.8 Å². The molecule has 78 valence electrons. The van der Waals surface area contributed by atoms with E-state index < -0.39 is 0 Å². The van der Waals surface area contributed by atoms with Gasteiger partial charge in [-0.3, -0.25) is 0 Å². The summed E-state index contributed by atoms with van der Waals surface area (Å²) < 4.78 is 0. The highest BCUT2D eigenvalue weighted by Gasteiger charge is 2.19. The van der Waals surface area contributed by atoms with Crippen LogP contribution in [0.5, 0.6) is 0 Å². The van der Waals surface area contributed by atoms with Gasteiger partial charge in [-0.25, -0.2) is 0 Å². The molecule has 14 heavy (non-hydrogen) atoms. The van der Waals surface area contributed by atoms with Gasteiger partial charge in [0.25, 0.3) is 0 Å². The summed E-state index contributed by atoms with van der Waals surface area (Å²) in [7, 11) is 0. The standard InChI is InChI=1S/C12H18OS/c1-9(2)12(10(3)13)14-11-7-5-4-6-8-11/h4-10,12-13H,1-3H3/t10-,12-/m1/s1. The minimum atomic E-state index is -0.264. The molecular weight excluding hydrogens is 192 g/mol. The van der Waals surface area contributed by atoms with E-state index in [0.29, 0.717) is 5.92 Å². The van der Waals surface area contributed by atoms with Gasteiger partial charge in [-0.1, -0.05) is 32.0 Å². The Morgan fingerprint density at radius 1 is 1.07 bits per heavy atom. The molecule has 2 atom stereocenters. The highest BCUT2D eigenvalue weighted by molar-refractivity contribution is 8.00. The Morgan fingerprint density at radius 3 is 2.07 bits per heavy atom. The molecule has 0 aliphatic heterocycles. The van der Waals surface area contributed by atoms with Crippen molar-refractivity contribution in [2.45, 2.75) is 37.0 Å². The number of hydrogen-bond donors (Lipinski definition) is 1. The summed E-state index contributed by atoms with van der Waals surface area (Å²) in [6.45, 7) is 6.15. The second kappa shape index (κ2) is 5.42. The highest BCUT2D eigenvalue weighted by Crippen LogP contribution is 2.29. The summed E-state index contributed by atoms with van der Waals surface area (Å²) in [6.07, 6.45) is -0.264. The van der Waals surface area contributed by atoms with Crippen molar-refractivity contribution in [2.75, 3.05) is 0 Å². The maximum absolute atomic E-state index is 9.62. The molecule has 0 aromatic heterocycles. The summed E-state index contributed by atoms with van der Waals surface area (Å²) in [6, 6.07) is 10.2. The molecule has 1 N–H and O–H groups in total. The lowest BCUT2D eigenvalue weighted by Crippen LogP contribution is -2.24. The topological polar surface area (TPSA) is 20.2 Å². The van der Waals surface area contributed by atoms with Crippen molar-refractivity contribution in [3.8, 4) is 0 Å². The molecule has 1 aromatic carbocycles. The molecule has 1 rings (SSSR count). The highest BCUT2D eigenvalue weighted by atomic mass is 32.2. The van der Waals surface area contributed by atoms with Crippen LogP contribution in [0.3, 0.4) is 0 Å². The Hall–Kier alpha value is -0.470. The summed E-state index contributed by atoms with van der Waals surface area (Å²) in [5.74, 6) is 0.486. The van der Waals surface area contributed by atoms with Gasteiger partial charge >= 0.3 is 0 Å². The maximum Gasteiger partial charge on any atom is 0.0636 e. The van der Waals surface area contributed by atoms with E-state index in [2.05, 4.69) is 26.0 Å². The molecule has 0 fully saturated rings. The summed E-state index contributed by atoms with van der Waals surface area (Å²) in [4.78, 5) is 1.23. The quantitative estimate of drug-likeness (QED) is 0.770. The predicted octanol–water partition coefficient (Wildman–Crippen LogP) is 3.18. The zero-order chi connectivity index (χ0) is 10.6. The van der Waals surface area contributed by atoms with Gasteiger partial charge in [-0.05, 0) is 25.0 Å². The molecule has 0 unspecified atom stereocenters. The van der Waals surface area contributed by atoms with E-state index in [4.69, 9.17) is 0 Å². The largest absolute Gasteiger partial charge is 0.392 e. The molecule has 0 aliphatic carbocycles. The van der Waals surface area contributed by atoms with Crippen molar-refractivity contribution in [3.05, 3.63) is 30.3 Å². The fraction of sp³-hybridized carbons (Fsp3) is 0.500. The van der Waals surface area contributed by atoms with E-state index in [-0.39, 0.29) is 11.4 Å². The van der Waals surface area contributed by atoms with E-state index in [1.165, 1.54) is 4.90 Å². The predicted molar refractivity (Wildman–Crippen MR) is 62.6 cm³/mol. The van der Waals surface area contributed by atoms with Crippen LogP contribution in [0, 0.1) is 5.92 Å². The molecule has 0 saturated carbocycles. The first-order valence-corrected chi connectivity index (χ1v) is 5.89. The smallest absolute Gasteiger partial charge is 0.0636 e. The van der Waals surface area contributed by atoms with E-state index in [9.17, 15) is 5.11 Å². The normalized spacial score (nSPS) is 15.5. The molecule has 1 aromatic rings. The van der Waals surface area contributed by atoms with Crippen LogP contribution < -0.4 is 0 Å².